The average molecular weight is 328 g/mol. The predicted octanol–water partition coefficient (Wildman–Crippen LogP) is 1.17. The van der Waals surface area contributed by atoms with E-state index in [-0.39, 0.29) is 23.1 Å². The highest BCUT2D eigenvalue weighted by molar-refractivity contribution is 7.91. The van der Waals surface area contributed by atoms with Gasteiger partial charge in [0, 0.05) is 18.6 Å². The van der Waals surface area contributed by atoms with Crippen molar-refractivity contribution in [1.29, 1.82) is 0 Å². The number of sulfone groups is 1. The fourth-order valence-electron chi connectivity index (χ4n) is 3.17. The monoisotopic (exact) mass is 328 g/mol. The van der Waals surface area contributed by atoms with E-state index in [1.807, 2.05) is 20.8 Å². The minimum atomic E-state index is -3.78. The second-order valence-electron chi connectivity index (χ2n) is 5.96. The Morgan fingerprint density at radius 2 is 1.82 bits per heavy atom. The summed E-state index contributed by atoms with van der Waals surface area (Å²) < 4.78 is 26.6. The average Bonchev–Trinajstić information content (AvgIpc) is 2.79. The van der Waals surface area contributed by atoms with Crippen LogP contribution >= 0.6 is 0 Å². The Balaban J connectivity index is 2.22. The summed E-state index contributed by atoms with van der Waals surface area (Å²) in [4.78, 5) is 14.2. The van der Waals surface area contributed by atoms with Crippen molar-refractivity contribution in [3.05, 3.63) is 5.82 Å². The van der Waals surface area contributed by atoms with Crippen molar-refractivity contribution in [3.8, 4) is 0 Å². The van der Waals surface area contributed by atoms with Crippen LogP contribution in [-0.2, 0) is 21.2 Å². The van der Waals surface area contributed by atoms with Crippen LogP contribution in [0.25, 0.3) is 0 Å². The zero-order valence-electron chi connectivity index (χ0n) is 13.6. The van der Waals surface area contributed by atoms with Gasteiger partial charge in [-0.2, -0.15) is 0 Å². The smallest absolute Gasteiger partial charge is 0.250 e. The molecule has 124 valence electrons. The number of carbonyl (C=O) groups excluding carboxylic acids is 1. The van der Waals surface area contributed by atoms with E-state index >= 15 is 0 Å². The SMILES string of the molecule is CCn1c(C)nnc1S(=O)(=O)CC(=O)N1[C@H](C)CCC[C@@H]1C. The molecule has 0 bridgehead atoms. The van der Waals surface area contributed by atoms with E-state index in [0.29, 0.717) is 12.4 Å². The highest BCUT2D eigenvalue weighted by Gasteiger charge is 2.34. The van der Waals surface area contributed by atoms with Gasteiger partial charge in [0.2, 0.25) is 20.9 Å². The van der Waals surface area contributed by atoms with Crippen LogP contribution in [-0.4, -0.2) is 51.8 Å². The molecule has 0 spiro atoms. The molecule has 22 heavy (non-hydrogen) atoms. The van der Waals surface area contributed by atoms with Crippen LogP contribution in [0.15, 0.2) is 5.16 Å². The van der Waals surface area contributed by atoms with Crippen LogP contribution in [0.4, 0.5) is 0 Å². The normalized spacial score (nSPS) is 22.8. The lowest BCUT2D eigenvalue weighted by Gasteiger charge is -2.39. The van der Waals surface area contributed by atoms with E-state index < -0.39 is 15.6 Å². The lowest BCUT2D eigenvalue weighted by atomic mass is 9.98. The molecule has 7 nitrogen and oxygen atoms in total. The van der Waals surface area contributed by atoms with E-state index in [0.717, 1.165) is 19.3 Å². The molecule has 1 aliphatic heterocycles. The maximum Gasteiger partial charge on any atom is 0.250 e. The van der Waals surface area contributed by atoms with Crippen LogP contribution in [0.3, 0.4) is 0 Å². The number of aryl methyl sites for hydroxylation is 1. The third-order valence-corrected chi connectivity index (χ3v) is 5.78. The molecule has 0 saturated carbocycles. The van der Waals surface area contributed by atoms with Gasteiger partial charge >= 0.3 is 0 Å². The van der Waals surface area contributed by atoms with Gasteiger partial charge in [-0.1, -0.05) is 0 Å². The topological polar surface area (TPSA) is 85.2 Å². The Morgan fingerprint density at radius 1 is 1.23 bits per heavy atom. The van der Waals surface area contributed by atoms with E-state index in [9.17, 15) is 13.2 Å². The number of amides is 1. The summed E-state index contributed by atoms with van der Waals surface area (Å²) in [5.41, 5.74) is 0. The predicted molar refractivity (Wildman–Crippen MR) is 82.1 cm³/mol. The van der Waals surface area contributed by atoms with E-state index in [4.69, 9.17) is 0 Å². The highest BCUT2D eigenvalue weighted by Crippen LogP contribution is 2.23. The number of rotatable bonds is 4. The Bertz CT molecular complexity index is 643. The molecule has 1 amide bonds. The first-order valence-electron chi connectivity index (χ1n) is 7.71. The van der Waals surface area contributed by atoms with Gasteiger partial charge in [0.1, 0.15) is 11.6 Å². The van der Waals surface area contributed by atoms with E-state index in [2.05, 4.69) is 10.2 Å². The molecule has 2 atom stereocenters. The Morgan fingerprint density at radius 3 is 2.36 bits per heavy atom. The Hall–Kier alpha value is -1.44. The fourth-order valence-corrected chi connectivity index (χ4v) is 4.54. The van der Waals surface area contributed by atoms with Crippen LogP contribution in [0.2, 0.25) is 0 Å². The third-order valence-electron chi connectivity index (χ3n) is 4.29. The molecular formula is C14H24N4O3S. The zero-order valence-corrected chi connectivity index (χ0v) is 14.4. The minimum Gasteiger partial charge on any atom is -0.336 e. The molecule has 1 aromatic heterocycles. The van der Waals surface area contributed by atoms with Crippen molar-refractivity contribution >= 4 is 15.7 Å². The summed E-state index contributed by atoms with van der Waals surface area (Å²) >= 11 is 0. The second-order valence-corrected chi connectivity index (χ2v) is 7.85. The summed E-state index contributed by atoms with van der Waals surface area (Å²) in [6, 6.07) is 0.162. The molecule has 1 aliphatic rings. The number of hydrogen-bond acceptors (Lipinski definition) is 5. The lowest BCUT2D eigenvalue weighted by molar-refractivity contribution is -0.134. The molecule has 2 heterocycles. The molecule has 0 aromatic carbocycles. The Labute approximate surface area is 131 Å². The number of hydrogen-bond donors (Lipinski definition) is 0. The van der Waals surface area contributed by atoms with Crippen molar-refractivity contribution in [3.63, 3.8) is 0 Å². The molecule has 1 fully saturated rings. The molecule has 8 heteroatoms. The molecule has 1 aromatic rings. The van der Waals surface area contributed by atoms with Gasteiger partial charge in [0.25, 0.3) is 0 Å². The van der Waals surface area contributed by atoms with Crippen LogP contribution in [0.5, 0.6) is 0 Å². The van der Waals surface area contributed by atoms with Gasteiger partial charge in [0.15, 0.2) is 0 Å². The summed E-state index contributed by atoms with van der Waals surface area (Å²) in [5.74, 6) is -0.351. The second kappa shape index (κ2) is 6.36. The van der Waals surface area contributed by atoms with Crippen molar-refractivity contribution in [2.45, 2.75) is 70.7 Å². The van der Waals surface area contributed by atoms with Crippen LogP contribution in [0.1, 0.15) is 45.9 Å². The molecule has 2 rings (SSSR count). The zero-order chi connectivity index (χ0) is 16.5. The van der Waals surface area contributed by atoms with Crippen LogP contribution in [0, 0.1) is 6.92 Å². The molecular weight excluding hydrogens is 304 g/mol. The molecule has 1 saturated heterocycles. The maximum absolute atomic E-state index is 12.5. The van der Waals surface area contributed by atoms with E-state index in [1.165, 1.54) is 4.57 Å². The summed E-state index contributed by atoms with van der Waals surface area (Å²) in [6.07, 6.45) is 2.91. The Kier molecular flexibility index (Phi) is 4.89. The third kappa shape index (κ3) is 3.16. The van der Waals surface area contributed by atoms with Crippen molar-refractivity contribution in [2.75, 3.05) is 5.75 Å². The number of carbonyl (C=O) groups is 1. The van der Waals surface area contributed by atoms with Crippen LogP contribution < -0.4 is 0 Å². The van der Waals surface area contributed by atoms with Gasteiger partial charge in [-0.05, 0) is 47.0 Å². The molecule has 0 N–H and O–H groups in total. The molecule has 0 unspecified atom stereocenters. The summed E-state index contributed by atoms with van der Waals surface area (Å²) in [7, 11) is -3.78. The van der Waals surface area contributed by atoms with Crippen molar-refractivity contribution in [2.24, 2.45) is 0 Å². The number of likely N-dealkylation sites (tertiary alicyclic amines) is 1. The maximum atomic E-state index is 12.5. The fraction of sp³-hybridized carbons (Fsp3) is 0.786. The first kappa shape index (κ1) is 16.9. The summed E-state index contributed by atoms with van der Waals surface area (Å²) in [6.45, 7) is 7.92. The highest BCUT2D eigenvalue weighted by atomic mass is 32.2. The standard InChI is InChI=1S/C14H24N4O3S/c1-5-17-12(4)15-16-14(17)22(20,21)9-13(19)18-10(2)7-6-8-11(18)3/h10-11H,5-9H2,1-4H3/t10-,11+. The first-order valence-corrected chi connectivity index (χ1v) is 9.37. The van der Waals surface area contributed by atoms with Gasteiger partial charge in [-0.15, -0.1) is 10.2 Å². The minimum absolute atomic E-state index is 0.0808. The van der Waals surface area contributed by atoms with Gasteiger partial charge in [-0.25, -0.2) is 8.42 Å². The number of piperidine rings is 1. The van der Waals surface area contributed by atoms with Gasteiger partial charge in [-0.3, -0.25) is 4.79 Å². The van der Waals surface area contributed by atoms with E-state index in [1.54, 1.807) is 11.8 Å². The summed E-state index contributed by atoms with van der Waals surface area (Å²) in [5, 5.41) is 7.45. The first-order chi connectivity index (χ1) is 10.3. The van der Waals surface area contributed by atoms with Crippen molar-refractivity contribution < 1.29 is 13.2 Å². The molecule has 0 aliphatic carbocycles. The lowest BCUT2D eigenvalue weighted by Crippen LogP contribution is -2.49. The van der Waals surface area contributed by atoms with Gasteiger partial charge < -0.3 is 9.47 Å². The molecule has 0 radical (unpaired) electrons. The van der Waals surface area contributed by atoms with Gasteiger partial charge in [0.05, 0.1) is 0 Å². The largest absolute Gasteiger partial charge is 0.336 e. The number of nitrogens with zero attached hydrogens (tertiary/aromatic N) is 4. The van der Waals surface area contributed by atoms with Crippen molar-refractivity contribution in [1.82, 2.24) is 19.7 Å². The number of aromatic nitrogens is 3. The quantitative estimate of drug-likeness (QED) is 0.828.